The van der Waals surface area contributed by atoms with Crippen LogP contribution in [0.2, 0.25) is 0 Å². The van der Waals surface area contributed by atoms with Gasteiger partial charge in [-0.25, -0.2) is 13.2 Å². The molecule has 1 amide bonds. The summed E-state index contributed by atoms with van der Waals surface area (Å²) >= 11 is 0. The number of piperidine rings is 2. The zero-order valence-electron chi connectivity index (χ0n) is 22.5. The Labute approximate surface area is 226 Å². The van der Waals surface area contributed by atoms with Crippen LogP contribution in [0.3, 0.4) is 0 Å². The lowest BCUT2D eigenvalue weighted by Crippen LogP contribution is -2.57. The van der Waals surface area contributed by atoms with Crippen LogP contribution >= 0.6 is 0 Å². The molecule has 8 heteroatoms. The molecule has 7 nitrogen and oxygen atoms in total. The first-order valence-electron chi connectivity index (χ1n) is 14.1. The van der Waals surface area contributed by atoms with Crippen molar-refractivity contribution in [2.24, 2.45) is 0 Å². The van der Waals surface area contributed by atoms with Gasteiger partial charge in [-0.05, 0) is 88.7 Å². The lowest BCUT2D eigenvalue weighted by Gasteiger charge is -2.51. The van der Waals surface area contributed by atoms with Crippen molar-refractivity contribution in [3.63, 3.8) is 0 Å². The summed E-state index contributed by atoms with van der Waals surface area (Å²) in [5.41, 5.74) is 3.34. The average molecular weight is 538 g/mol. The number of likely N-dealkylation sites (tertiary alicyclic amines) is 1. The van der Waals surface area contributed by atoms with E-state index in [1.165, 1.54) is 5.56 Å². The van der Waals surface area contributed by atoms with Crippen molar-refractivity contribution >= 4 is 16.1 Å². The molecule has 2 aromatic rings. The Kier molecular flexibility index (Phi) is 6.77. The Morgan fingerprint density at radius 3 is 2.29 bits per heavy atom. The summed E-state index contributed by atoms with van der Waals surface area (Å²) in [5.74, 6) is 0. The Bertz CT molecular complexity index is 1270. The van der Waals surface area contributed by atoms with Crippen molar-refractivity contribution in [1.82, 2.24) is 14.1 Å². The molecule has 4 heterocycles. The Morgan fingerprint density at radius 1 is 0.974 bits per heavy atom. The Balaban J connectivity index is 1.20. The molecular formula is C30H39N3O4S. The van der Waals surface area contributed by atoms with Crippen molar-refractivity contribution in [2.75, 3.05) is 26.2 Å². The minimum absolute atomic E-state index is 0.148. The third-order valence-electron chi connectivity index (χ3n) is 9.53. The summed E-state index contributed by atoms with van der Waals surface area (Å²) < 4.78 is 34.5. The van der Waals surface area contributed by atoms with Gasteiger partial charge >= 0.3 is 6.09 Å². The minimum Gasteiger partial charge on any atom is -0.450 e. The highest BCUT2D eigenvalue weighted by Gasteiger charge is 2.49. The summed E-state index contributed by atoms with van der Waals surface area (Å²) in [5, 5.41) is 0. The predicted octanol–water partition coefficient (Wildman–Crippen LogP) is 4.69. The van der Waals surface area contributed by atoms with E-state index in [2.05, 4.69) is 23.1 Å². The van der Waals surface area contributed by atoms with Crippen LogP contribution in [0.25, 0.3) is 0 Å². The quantitative estimate of drug-likeness (QED) is 0.566. The largest absolute Gasteiger partial charge is 0.450 e. The van der Waals surface area contributed by atoms with Crippen molar-refractivity contribution in [3.8, 4) is 0 Å². The number of rotatable bonds is 4. The number of hydrogen-bond donors (Lipinski definition) is 0. The average Bonchev–Trinajstić information content (AvgIpc) is 3.19. The molecule has 0 aromatic heterocycles. The number of benzene rings is 2. The van der Waals surface area contributed by atoms with Crippen molar-refractivity contribution in [3.05, 3.63) is 65.2 Å². The molecule has 6 rings (SSSR count). The van der Waals surface area contributed by atoms with Gasteiger partial charge in [-0.15, -0.1) is 0 Å². The van der Waals surface area contributed by atoms with E-state index in [1.807, 2.05) is 36.9 Å². The smallest absolute Gasteiger partial charge is 0.410 e. The number of aryl methyl sites for hydroxylation is 1. The summed E-state index contributed by atoms with van der Waals surface area (Å²) in [6, 6.07) is 16.7. The van der Waals surface area contributed by atoms with Gasteiger partial charge in [0.25, 0.3) is 0 Å². The number of carbonyl (C=O) groups excluding carboxylic acids is 1. The van der Waals surface area contributed by atoms with Crippen molar-refractivity contribution < 1.29 is 17.9 Å². The molecular weight excluding hydrogens is 498 g/mol. The fourth-order valence-corrected chi connectivity index (χ4v) is 9.06. The van der Waals surface area contributed by atoms with Crippen LogP contribution in [-0.2, 0) is 26.7 Å². The Hall–Kier alpha value is -2.42. The normalized spacial score (nSPS) is 27.3. The molecule has 0 radical (unpaired) electrons. The second kappa shape index (κ2) is 9.96. The topological polar surface area (TPSA) is 70.2 Å². The van der Waals surface area contributed by atoms with Gasteiger partial charge in [-0.3, -0.25) is 0 Å². The fraction of sp³-hybridized carbons (Fsp3) is 0.567. The van der Waals surface area contributed by atoms with E-state index >= 15 is 0 Å². The monoisotopic (exact) mass is 537 g/mol. The molecule has 0 N–H and O–H groups in total. The van der Waals surface area contributed by atoms with E-state index in [1.54, 1.807) is 16.4 Å². The second-order valence-electron chi connectivity index (χ2n) is 11.7. The SMILES string of the molecule is CCOC(=O)N1C2CCC1CC(N1CCC3(CC1)CN(S(=O)(=O)c1ccc(C)cc1)Cc1ccccc13)C2. The van der Waals surface area contributed by atoms with Gasteiger partial charge in [0.2, 0.25) is 10.0 Å². The van der Waals surface area contributed by atoms with Crippen LogP contribution in [0.5, 0.6) is 0 Å². The van der Waals surface area contributed by atoms with Crippen molar-refractivity contribution in [2.45, 2.75) is 87.4 Å². The summed E-state index contributed by atoms with van der Waals surface area (Å²) in [7, 11) is -3.59. The molecule has 1 spiro atoms. The number of carbonyl (C=O) groups is 1. The third-order valence-corrected chi connectivity index (χ3v) is 11.3. The standard InChI is InChI=1S/C30H39N3O4S/c1-3-37-29(34)33-24-10-11-25(33)19-26(18-24)31-16-14-30(15-17-31)21-32(20-23-6-4-5-7-28(23)30)38(35,36)27-12-8-22(2)9-13-27/h4-9,12-13,24-26H,3,10-11,14-21H2,1-2H3. The maximum atomic E-state index is 13.7. The zero-order valence-corrected chi connectivity index (χ0v) is 23.3. The molecule has 0 saturated carbocycles. The number of amides is 1. The van der Waals surface area contributed by atoms with Gasteiger partial charge < -0.3 is 14.5 Å². The van der Waals surface area contributed by atoms with Crippen LogP contribution in [0.1, 0.15) is 62.1 Å². The number of hydrogen-bond acceptors (Lipinski definition) is 5. The molecule has 2 aromatic carbocycles. The second-order valence-corrected chi connectivity index (χ2v) is 13.6. The van der Waals surface area contributed by atoms with Crippen LogP contribution in [-0.4, -0.2) is 73.0 Å². The first kappa shape index (κ1) is 25.8. The highest BCUT2D eigenvalue weighted by Crippen LogP contribution is 2.45. The lowest BCUT2D eigenvalue weighted by molar-refractivity contribution is 0.0237. The first-order valence-corrected chi connectivity index (χ1v) is 15.6. The van der Waals surface area contributed by atoms with Crippen LogP contribution in [0.15, 0.2) is 53.4 Å². The molecule has 0 aliphatic carbocycles. The molecule has 2 unspecified atom stereocenters. The maximum absolute atomic E-state index is 13.7. The number of sulfonamides is 1. The predicted molar refractivity (Wildman–Crippen MR) is 146 cm³/mol. The molecule has 2 bridgehead atoms. The molecule has 2 atom stereocenters. The zero-order chi connectivity index (χ0) is 26.5. The Morgan fingerprint density at radius 2 is 1.63 bits per heavy atom. The third kappa shape index (κ3) is 4.44. The van der Waals surface area contributed by atoms with E-state index in [0.717, 1.165) is 62.7 Å². The minimum atomic E-state index is -3.59. The lowest BCUT2D eigenvalue weighted by atomic mass is 9.69. The van der Waals surface area contributed by atoms with E-state index in [9.17, 15) is 13.2 Å². The van der Waals surface area contributed by atoms with Gasteiger partial charge in [0, 0.05) is 36.6 Å². The fourth-order valence-electron chi connectivity index (χ4n) is 7.56. The molecule has 204 valence electrons. The van der Waals surface area contributed by atoms with Crippen LogP contribution in [0, 0.1) is 6.92 Å². The van der Waals surface area contributed by atoms with Gasteiger partial charge in [-0.1, -0.05) is 42.0 Å². The number of ether oxygens (including phenoxy) is 1. The summed E-state index contributed by atoms with van der Waals surface area (Å²) in [4.78, 5) is 17.5. The van der Waals surface area contributed by atoms with Gasteiger partial charge in [-0.2, -0.15) is 4.31 Å². The maximum Gasteiger partial charge on any atom is 0.410 e. The van der Waals surface area contributed by atoms with Crippen molar-refractivity contribution in [1.29, 1.82) is 0 Å². The molecule has 3 fully saturated rings. The number of nitrogens with zero attached hydrogens (tertiary/aromatic N) is 3. The van der Waals surface area contributed by atoms with Gasteiger partial charge in [0.05, 0.1) is 11.5 Å². The molecule has 38 heavy (non-hydrogen) atoms. The van der Waals surface area contributed by atoms with E-state index < -0.39 is 10.0 Å². The number of fused-ring (bicyclic) bond motifs is 4. The van der Waals surface area contributed by atoms with E-state index in [-0.39, 0.29) is 23.6 Å². The van der Waals surface area contributed by atoms with Crippen LogP contribution < -0.4 is 0 Å². The molecule has 4 aliphatic rings. The first-order chi connectivity index (χ1) is 18.3. The highest BCUT2D eigenvalue weighted by atomic mass is 32.2. The molecule has 4 aliphatic heterocycles. The van der Waals surface area contributed by atoms with Crippen LogP contribution in [0.4, 0.5) is 4.79 Å². The summed E-state index contributed by atoms with van der Waals surface area (Å²) in [6.07, 6.45) is 5.88. The molecule has 3 saturated heterocycles. The van der Waals surface area contributed by atoms with E-state index in [0.29, 0.717) is 30.6 Å². The van der Waals surface area contributed by atoms with E-state index in [4.69, 9.17) is 4.74 Å². The van der Waals surface area contributed by atoms with Gasteiger partial charge in [0.1, 0.15) is 0 Å². The highest BCUT2D eigenvalue weighted by molar-refractivity contribution is 7.89. The van der Waals surface area contributed by atoms with Gasteiger partial charge in [0.15, 0.2) is 0 Å². The summed E-state index contributed by atoms with van der Waals surface area (Å²) in [6.45, 7) is 7.13.